The number of halogens is 1. The van der Waals surface area contributed by atoms with Crippen LogP contribution in [-0.2, 0) is 20.7 Å². The Morgan fingerprint density at radius 3 is 2.24 bits per heavy atom. The number of hydrogen-bond donors (Lipinski definition) is 2. The zero-order valence-corrected chi connectivity index (χ0v) is 24.5. The first-order chi connectivity index (χ1) is 18.1. The molecule has 2 aromatic rings. The van der Waals surface area contributed by atoms with Gasteiger partial charge in [0.05, 0.1) is 18.9 Å². The fourth-order valence-corrected chi connectivity index (χ4v) is 4.60. The number of nitrogens with one attached hydrogen (secondary N) is 2. The standard InChI is InChI=1S/C31H45N3O3.ClH/c1-5-8-9-10-11-12-13-14-15-16-24-18-19-25(33-24)22-27-30(37-21-6-2)28(31(35)36-7-3)29(34-27)26-20-17-23(4)32-26;/h17-20,22,32-33H,5-16,21H2,1-4H3;1H. The van der Waals surface area contributed by atoms with Crippen LogP contribution in [0.1, 0.15) is 108 Å². The minimum atomic E-state index is -0.416. The Balaban J connectivity index is 0.00000507. The molecule has 0 bridgehead atoms. The van der Waals surface area contributed by atoms with Gasteiger partial charge >= 0.3 is 5.97 Å². The molecule has 0 saturated heterocycles. The van der Waals surface area contributed by atoms with Crippen LogP contribution in [0.15, 0.2) is 46.3 Å². The van der Waals surface area contributed by atoms with E-state index in [1.54, 1.807) is 6.92 Å². The van der Waals surface area contributed by atoms with Crippen LogP contribution < -0.4 is 0 Å². The minimum Gasteiger partial charge on any atom is -0.490 e. The molecular weight excluding hydrogens is 498 g/mol. The van der Waals surface area contributed by atoms with Crippen LogP contribution in [-0.4, -0.2) is 34.9 Å². The highest BCUT2D eigenvalue weighted by molar-refractivity contribution is 6.29. The van der Waals surface area contributed by atoms with E-state index in [4.69, 9.17) is 14.5 Å². The average Bonchev–Trinajstić information content (AvgIpc) is 3.61. The molecule has 0 atom stereocenters. The van der Waals surface area contributed by atoms with E-state index in [0.717, 1.165) is 29.9 Å². The van der Waals surface area contributed by atoms with Gasteiger partial charge in [0.25, 0.3) is 0 Å². The molecule has 2 aromatic heterocycles. The van der Waals surface area contributed by atoms with Crippen molar-refractivity contribution in [1.82, 2.24) is 9.97 Å². The first kappa shape index (κ1) is 31.5. The zero-order chi connectivity index (χ0) is 26.5. The second kappa shape index (κ2) is 17.0. The van der Waals surface area contributed by atoms with Crippen molar-refractivity contribution in [3.05, 3.63) is 64.1 Å². The molecule has 0 unspecified atom stereocenters. The molecule has 38 heavy (non-hydrogen) atoms. The Bertz CT molecular complexity index is 1090. The fraction of sp³-hybridized carbons (Fsp3) is 0.548. The average molecular weight is 544 g/mol. The summed E-state index contributed by atoms with van der Waals surface area (Å²) < 4.78 is 11.5. The van der Waals surface area contributed by atoms with Gasteiger partial charge in [0.15, 0.2) is 5.76 Å². The number of aromatic nitrogens is 2. The molecular formula is C31H46ClN3O3. The van der Waals surface area contributed by atoms with Crippen LogP contribution in [0.4, 0.5) is 0 Å². The number of nitrogens with zero attached hydrogens (tertiary/aromatic N) is 1. The van der Waals surface area contributed by atoms with E-state index < -0.39 is 5.97 Å². The van der Waals surface area contributed by atoms with Crippen molar-refractivity contribution in [3.8, 4) is 0 Å². The van der Waals surface area contributed by atoms with E-state index >= 15 is 0 Å². The summed E-state index contributed by atoms with van der Waals surface area (Å²) in [7, 11) is 0. The van der Waals surface area contributed by atoms with Gasteiger partial charge in [-0.2, -0.15) is 0 Å². The Hall–Kier alpha value is -2.73. The van der Waals surface area contributed by atoms with Gasteiger partial charge in [-0.15, -0.1) is 12.4 Å². The van der Waals surface area contributed by atoms with E-state index in [0.29, 0.717) is 29.3 Å². The third-order valence-corrected chi connectivity index (χ3v) is 6.56. The van der Waals surface area contributed by atoms with Gasteiger partial charge in [-0.05, 0) is 63.5 Å². The lowest BCUT2D eigenvalue weighted by Crippen LogP contribution is -2.17. The van der Waals surface area contributed by atoms with Crippen LogP contribution in [0, 0.1) is 6.92 Å². The lowest BCUT2D eigenvalue weighted by Gasteiger charge is -2.10. The summed E-state index contributed by atoms with van der Waals surface area (Å²) in [5.74, 6) is 0.0678. The molecule has 1 aliphatic rings. The molecule has 3 heterocycles. The third kappa shape index (κ3) is 9.23. The summed E-state index contributed by atoms with van der Waals surface area (Å²) in [6, 6.07) is 8.13. The van der Waals surface area contributed by atoms with Crippen LogP contribution in [0.2, 0.25) is 0 Å². The molecule has 0 aliphatic carbocycles. The van der Waals surface area contributed by atoms with Crippen molar-refractivity contribution in [1.29, 1.82) is 0 Å². The first-order valence-corrected chi connectivity index (χ1v) is 14.3. The second-order valence-electron chi connectivity index (χ2n) is 9.84. The number of aromatic amines is 2. The number of rotatable bonds is 17. The number of unbranched alkanes of at least 4 members (excludes halogenated alkanes) is 8. The number of H-pyrrole nitrogens is 2. The van der Waals surface area contributed by atoms with Gasteiger partial charge in [-0.25, -0.2) is 9.79 Å². The van der Waals surface area contributed by atoms with Crippen LogP contribution >= 0.6 is 12.4 Å². The highest BCUT2D eigenvalue weighted by Gasteiger charge is 2.33. The van der Waals surface area contributed by atoms with Gasteiger partial charge < -0.3 is 19.4 Å². The third-order valence-electron chi connectivity index (χ3n) is 6.56. The minimum absolute atomic E-state index is 0. The van der Waals surface area contributed by atoms with Crippen molar-refractivity contribution in [2.24, 2.45) is 4.99 Å². The second-order valence-corrected chi connectivity index (χ2v) is 9.84. The van der Waals surface area contributed by atoms with E-state index in [1.165, 1.54) is 63.5 Å². The smallest absolute Gasteiger partial charge is 0.344 e. The van der Waals surface area contributed by atoms with E-state index in [9.17, 15) is 4.79 Å². The van der Waals surface area contributed by atoms with Crippen molar-refractivity contribution in [2.45, 2.75) is 98.3 Å². The Morgan fingerprint density at radius 1 is 0.895 bits per heavy atom. The quantitative estimate of drug-likeness (QED) is 0.156. The van der Waals surface area contributed by atoms with Gasteiger partial charge in [0.2, 0.25) is 0 Å². The van der Waals surface area contributed by atoms with Gasteiger partial charge in [0, 0.05) is 17.1 Å². The summed E-state index contributed by atoms with van der Waals surface area (Å²) in [6.45, 7) is 8.88. The summed E-state index contributed by atoms with van der Waals surface area (Å²) in [4.78, 5) is 24.6. The summed E-state index contributed by atoms with van der Waals surface area (Å²) >= 11 is 0. The number of hydrogen-bond acceptors (Lipinski definition) is 4. The van der Waals surface area contributed by atoms with Crippen molar-refractivity contribution < 1.29 is 14.3 Å². The molecule has 7 heteroatoms. The lowest BCUT2D eigenvalue weighted by atomic mass is 10.1. The molecule has 0 aromatic carbocycles. The predicted molar refractivity (Wildman–Crippen MR) is 159 cm³/mol. The van der Waals surface area contributed by atoms with Crippen molar-refractivity contribution >= 4 is 30.2 Å². The topological polar surface area (TPSA) is 79.5 Å². The molecule has 2 N–H and O–H groups in total. The molecule has 210 valence electrons. The van der Waals surface area contributed by atoms with Crippen molar-refractivity contribution in [3.63, 3.8) is 0 Å². The number of aryl methyl sites for hydroxylation is 2. The van der Waals surface area contributed by atoms with Crippen LogP contribution in [0.3, 0.4) is 0 Å². The Morgan fingerprint density at radius 2 is 1.61 bits per heavy atom. The molecule has 6 nitrogen and oxygen atoms in total. The molecule has 0 fully saturated rings. The van der Waals surface area contributed by atoms with E-state index in [1.807, 2.05) is 32.1 Å². The Labute approximate surface area is 234 Å². The monoisotopic (exact) mass is 543 g/mol. The number of aliphatic imine (C=N–C) groups is 1. The molecule has 1 aliphatic heterocycles. The van der Waals surface area contributed by atoms with Gasteiger partial charge in [-0.3, -0.25) is 0 Å². The SMILES string of the molecule is CCCCCCCCCCCc1ccc(C=C2N=C(c3ccc(C)[nH]3)C(C(=O)OCC)=C2OCCC)[nH]1.Cl. The van der Waals surface area contributed by atoms with Gasteiger partial charge in [0.1, 0.15) is 17.0 Å². The molecule has 0 radical (unpaired) electrons. The highest BCUT2D eigenvalue weighted by Crippen LogP contribution is 2.32. The van der Waals surface area contributed by atoms with Crippen molar-refractivity contribution in [2.75, 3.05) is 13.2 Å². The zero-order valence-electron chi connectivity index (χ0n) is 23.7. The van der Waals surface area contributed by atoms with Crippen LogP contribution in [0.25, 0.3) is 6.08 Å². The Kier molecular flexibility index (Phi) is 14.1. The van der Waals surface area contributed by atoms with Gasteiger partial charge in [-0.1, -0.05) is 65.2 Å². The highest BCUT2D eigenvalue weighted by atomic mass is 35.5. The summed E-state index contributed by atoms with van der Waals surface area (Å²) in [6.07, 6.45) is 15.8. The number of esters is 1. The largest absolute Gasteiger partial charge is 0.490 e. The molecule has 0 amide bonds. The molecule has 0 saturated carbocycles. The fourth-order valence-electron chi connectivity index (χ4n) is 4.60. The number of ether oxygens (including phenoxy) is 2. The lowest BCUT2D eigenvalue weighted by molar-refractivity contribution is -0.138. The van der Waals surface area contributed by atoms with Crippen LogP contribution in [0.5, 0.6) is 0 Å². The molecule has 3 rings (SSSR count). The van der Waals surface area contributed by atoms with E-state index in [-0.39, 0.29) is 19.0 Å². The maximum Gasteiger partial charge on any atom is 0.344 e. The molecule has 0 spiro atoms. The maximum atomic E-state index is 13.0. The normalized spacial score (nSPS) is 14.1. The first-order valence-electron chi connectivity index (χ1n) is 14.3. The number of carbonyl (C=O) groups excluding carboxylic acids is 1. The number of carbonyl (C=O) groups is 1. The summed E-state index contributed by atoms with van der Waals surface area (Å²) in [5.41, 5.74) is 5.53. The van der Waals surface area contributed by atoms with E-state index in [2.05, 4.69) is 29.0 Å². The predicted octanol–water partition coefficient (Wildman–Crippen LogP) is 8.23. The maximum absolute atomic E-state index is 13.0. The summed E-state index contributed by atoms with van der Waals surface area (Å²) in [5, 5.41) is 0.